The average Bonchev–Trinajstić information content (AvgIpc) is 2.87. The van der Waals surface area contributed by atoms with Crippen molar-refractivity contribution in [2.45, 2.75) is 26.8 Å². The summed E-state index contributed by atoms with van der Waals surface area (Å²) in [6.45, 7) is 5.44. The molecule has 0 radical (unpaired) electrons. The van der Waals surface area contributed by atoms with Crippen molar-refractivity contribution in [2.75, 3.05) is 13.2 Å². The Hall–Kier alpha value is -2.30. The van der Waals surface area contributed by atoms with Crippen molar-refractivity contribution in [1.29, 1.82) is 0 Å². The van der Waals surface area contributed by atoms with Crippen LogP contribution < -0.4 is 4.74 Å². The lowest BCUT2D eigenvalue weighted by molar-refractivity contribution is -0.134. The van der Waals surface area contributed by atoms with Gasteiger partial charge in [0.15, 0.2) is 6.61 Å². The number of carbonyl (C=O) groups excluding carboxylic acids is 1. The van der Waals surface area contributed by atoms with E-state index < -0.39 is 0 Å². The number of carbonyl (C=O) groups is 1. The van der Waals surface area contributed by atoms with Crippen molar-refractivity contribution in [2.24, 2.45) is 7.05 Å². The lowest BCUT2D eigenvalue weighted by Crippen LogP contribution is -2.39. The van der Waals surface area contributed by atoms with Crippen LogP contribution in [0.1, 0.15) is 22.5 Å². The Kier molecular flexibility index (Phi) is 3.88. The third-order valence-electron chi connectivity index (χ3n) is 4.14. The van der Waals surface area contributed by atoms with Crippen LogP contribution >= 0.6 is 0 Å². The van der Waals surface area contributed by atoms with Gasteiger partial charge < -0.3 is 14.2 Å². The molecule has 0 N–H and O–H groups in total. The lowest BCUT2D eigenvalue weighted by atomic mass is 10.1. The second-order valence-electron chi connectivity index (χ2n) is 5.87. The summed E-state index contributed by atoms with van der Waals surface area (Å²) in [6.07, 6.45) is 2.62. The van der Waals surface area contributed by atoms with Crippen molar-refractivity contribution in [1.82, 2.24) is 14.5 Å². The van der Waals surface area contributed by atoms with Gasteiger partial charge in [-0.2, -0.15) is 0 Å². The highest BCUT2D eigenvalue weighted by atomic mass is 16.5. The van der Waals surface area contributed by atoms with E-state index >= 15 is 0 Å². The molecule has 1 aromatic carbocycles. The van der Waals surface area contributed by atoms with Crippen LogP contribution in [0.3, 0.4) is 0 Å². The van der Waals surface area contributed by atoms with Gasteiger partial charge >= 0.3 is 0 Å². The molecule has 0 fully saturated rings. The molecule has 0 aliphatic carbocycles. The quantitative estimate of drug-likeness (QED) is 0.871. The Labute approximate surface area is 130 Å². The zero-order valence-electron chi connectivity index (χ0n) is 13.3. The molecule has 5 heteroatoms. The van der Waals surface area contributed by atoms with E-state index in [1.54, 1.807) is 0 Å². The molecule has 0 saturated carbocycles. The van der Waals surface area contributed by atoms with Gasteiger partial charge in [-0.1, -0.05) is 17.7 Å². The molecule has 0 bridgehead atoms. The smallest absolute Gasteiger partial charge is 0.260 e. The Balaban J connectivity index is 1.62. The molecular formula is C17H21N3O2. The fourth-order valence-electron chi connectivity index (χ4n) is 2.82. The van der Waals surface area contributed by atoms with Crippen LogP contribution in [0, 0.1) is 13.8 Å². The standard InChI is InChI=1S/C17H21N3O2/c1-12-4-5-16(13(2)8-12)22-10-17(21)20-7-6-14-15(9-20)19(3)11-18-14/h4-5,8,11H,6-7,9-10H2,1-3H3. The van der Waals surface area contributed by atoms with Gasteiger partial charge in [-0.05, 0) is 25.5 Å². The number of fused-ring (bicyclic) bond motifs is 1. The Morgan fingerprint density at radius 3 is 2.95 bits per heavy atom. The van der Waals surface area contributed by atoms with Gasteiger partial charge in [0.1, 0.15) is 5.75 Å². The predicted molar refractivity (Wildman–Crippen MR) is 83.7 cm³/mol. The molecule has 1 aliphatic heterocycles. The highest BCUT2D eigenvalue weighted by Gasteiger charge is 2.23. The van der Waals surface area contributed by atoms with Crippen molar-refractivity contribution in [3.8, 4) is 5.75 Å². The summed E-state index contributed by atoms with van der Waals surface area (Å²) in [5, 5.41) is 0. The van der Waals surface area contributed by atoms with E-state index in [0.29, 0.717) is 13.1 Å². The van der Waals surface area contributed by atoms with Gasteiger partial charge in [-0.3, -0.25) is 4.79 Å². The number of hydrogen-bond donors (Lipinski definition) is 0. The summed E-state index contributed by atoms with van der Waals surface area (Å²) < 4.78 is 7.68. The lowest BCUT2D eigenvalue weighted by Gasteiger charge is -2.27. The number of imidazole rings is 1. The minimum absolute atomic E-state index is 0.0202. The van der Waals surface area contributed by atoms with E-state index in [-0.39, 0.29) is 12.5 Å². The number of amides is 1. The maximum absolute atomic E-state index is 12.4. The average molecular weight is 299 g/mol. The minimum Gasteiger partial charge on any atom is -0.484 e. The van der Waals surface area contributed by atoms with E-state index in [0.717, 1.165) is 29.1 Å². The number of nitrogens with zero attached hydrogens (tertiary/aromatic N) is 3. The number of aromatic nitrogens is 2. The molecule has 1 aromatic heterocycles. The Morgan fingerprint density at radius 1 is 1.36 bits per heavy atom. The molecular weight excluding hydrogens is 278 g/mol. The number of ether oxygens (including phenoxy) is 1. The molecule has 116 valence electrons. The first-order chi connectivity index (χ1) is 10.5. The number of aryl methyl sites for hydroxylation is 3. The molecule has 22 heavy (non-hydrogen) atoms. The van der Waals surface area contributed by atoms with Crippen LogP contribution in [0.2, 0.25) is 0 Å². The maximum Gasteiger partial charge on any atom is 0.260 e. The van der Waals surface area contributed by atoms with Crippen LogP contribution in [0.4, 0.5) is 0 Å². The van der Waals surface area contributed by atoms with Crippen molar-refractivity contribution in [3.63, 3.8) is 0 Å². The Morgan fingerprint density at radius 2 is 2.18 bits per heavy atom. The second kappa shape index (κ2) is 5.83. The molecule has 0 spiro atoms. The van der Waals surface area contributed by atoms with Crippen LogP contribution in [-0.4, -0.2) is 33.5 Å². The molecule has 1 aliphatic rings. The molecule has 1 amide bonds. The van der Waals surface area contributed by atoms with E-state index in [1.165, 1.54) is 5.56 Å². The third kappa shape index (κ3) is 2.84. The largest absolute Gasteiger partial charge is 0.484 e. The summed E-state index contributed by atoms with van der Waals surface area (Å²) in [4.78, 5) is 18.6. The minimum atomic E-state index is 0.0202. The van der Waals surface area contributed by atoms with Crippen molar-refractivity contribution < 1.29 is 9.53 Å². The first-order valence-electron chi connectivity index (χ1n) is 7.51. The molecule has 2 heterocycles. The summed E-state index contributed by atoms with van der Waals surface area (Å²) in [6, 6.07) is 5.98. The van der Waals surface area contributed by atoms with E-state index in [9.17, 15) is 4.79 Å². The topological polar surface area (TPSA) is 47.4 Å². The molecule has 3 rings (SSSR count). The van der Waals surface area contributed by atoms with E-state index in [1.807, 2.05) is 48.8 Å². The summed E-state index contributed by atoms with van der Waals surface area (Å²) in [5.74, 6) is 0.795. The van der Waals surface area contributed by atoms with Crippen LogP contribution in [0.15, 0.2) is 24.5 Å². The highest BCUT2D eigenvalue weighted by Crippen LogP contribution is 2.20. The van der Waals surface area contributed by atoms with Gasteiger partial charge in [-0.15, -0.1) is 0 Å². The van der Waals surface area contributed by atoms with Crippen LogP contribution in [-0.2, 0) is 24.8 Å². The molecule has 0 unspecified atom stereocenters. The van der Waals surface area contributed by atoms with E-state index in [4.69, 9.17) is 4.74 Å². The number of rotatable bonds is 3. The van der Waals surface area contributed by atoms with E-state index in [2.05, 4.69) is 11.1 Å². The zero-order valence-corrected chi connectivity index (χ0v) is 13.3. The second-order valence-corrected chi connectivity index (χ2v) is 5.87. The Bertz CT molecular complexity index is 706. The van der Waals surface area contributed by atoms with Gasteiger partial charge in [-0.25, -0.2) is 4.98 Å². The van der Waals surface area contributed by atoms with Crippen molar-refractivity contribution >= 4 is 5.91 Å². The summed E-state index contributed by atoms with van der Waals surface area (Å²) in [7, 11) is 1.96. The normalized spacial score (nSPS) is 13.9. The number of hydrogen-bond acceptors (Lipinski definition) is 3. The highest BCUT2D eigenvalue weighted by molar-refractivity contribution is 5.78. The first kappa shape index (κ1) is 14.6. The van der Waals surface area contributed by atoms with Gasteiger partial charge in [0.2, 0.25) is 0 Å². The molecule has 2 aromatic rings. The maximum atomic E-state index is 12.4. The fraction of sp³-hybridized carbons (Fsp3) is 0.412. The summed E-state index contributed by atoms with van der Waals surface area (Å²) >= 11 is 0. The van der Waals surface area contributed by atoms with Crippen LogP contribution in [0.25, 0.3) is 0 Å². The van der Waals surface area contributed by atoms with Gasteiger partial charge in [0, 0.05) is 20.0 Å². The van der Waals surface area contributed by atoms with Crippen LogP contribution in [0.5, 0.6) is 5.75 Å². The third-order valence-corrected chi connectivity index (χ3v) is 4.14. The molecule has 0 saturated heterocycles. The fourth-order valence-corrected chi connectivity index (χ4v) is 2.82. The van der Waals surface area contributed by atoms with Gasteiger partial charge in [0.25, 0.3) is 5.91 Å². The SMILES string of the molecule is Cc1ccc(OCC(=O)N2CCc3ncn(C)c3C2)c(C)c1. The van der Waals surface area contributed by atoms with Crippen molar-refractivity contribution in [3.05, 3.63) is 47.0 Å². The number of benzene rings is 1. The monoisotopic (exact) mass is 299 g/mol. The zero-order chi connectivity index (χ0) is 15.7. The first-order valence-corrected chi connectivity index (χ1v) is 7.51. The molecule has 5 nitrogen and oxygen atoms in total. The molecule has 0 atom stereocenters. The summed E-state index contributed by atoms with van der Waals surface area (Å²) in [5.41, 5.74) is 4.46. The van der Waals surface area contributed by atoms with Gasteiger partial charge in [0.05, 0.1) is 24.3 Å². The predicted octanol–water partition coefficient (Wildman–Crippen LogP) is 2.00.